The Kier molecular flexibility index (Phi) is 5.08. The predicted molar refractivity (Wildman–Crippen MR) is 77.6 cm³/mol. The summed E-state index contributed by atoms with van der Waals surface area (Å²) in [5.41, 5.74) is 5.88. The minimum Gasteiger partial charge on any atom is -0.490 e. The standard InChI is InChI=1S/C16H25NO2/c1-3-18-14-6-4-5-7-15(14)19-16-10-12(2)8-9-13(16)11-17/h4-7,12-13,16H,3,8-11,17H2,1-2H3. The van der Waals surface area contributed by atoms with Crippen molar-refractivity contribution < 1.29 is 9.47 Å². The number of ether oxygens (including phenoxy) is 2. The molecule has 0 aromatic heterocycles. The van der Waals surface area contributed by atoms with Crippen molar-refractivity contribution in [3.8, 4) is 11.5 Å². The zero-order valence-corrected chi connectivity index (χ0v) is 12.0. The molecule has 3 nitrogen and oxygen atoms in total. The molecule has 19 heavy (non-hydrogen) atoms. The molecule has 1 aliphatic rings. The molecule has 1 fully saturated rings. The minimum atomic E-state index is 0.218. The lowest BCUT2D eigenvalue weighted by atomic mass is 9.80. The SMILES string of the molecule is CCOc1ccccc1OC1CC(C)CCC1CN. The van der Waals surface area contributed by atoms with E-state index in [9.17, 15) is 0 Å². The summed E-state index contributed by atoms with van der Waals surface area (Å²) >= 11 is 0. The van der Waals surface area contributed by atoms with Gasteiger partial charge in [0.15, 0.2) is 11.5 Å². The van der Waals surface area contributed by atoms with Gasteiger partial charge in [-0.2, -0.15) is 0 Å². The first-order valence-corrected chi connectivity index (χ1v) is 7.33. The average molecular weight is 263 g/mol. The monoisotopic (exact) mass is 263 g/mol. The van der Waals surface area contributed by atoms with Crippen LogP contribution in [0.4, 0.5) is 0 Å². The first-order valence-electron chi connectivity index (χ1n) is 7.33. The second-order valence-electron chi connectivity index (χ2n) is 5.45. The van der Waals surface area contributed by atoms with Gasteiger partial charge in [0.2, 0.25) is 0 Å². The first kappa shape index (κ1) is 14.2. The van der Waals surface area contributed by atoms with Gasteiger partial charge in [0.25, 0.3) is 0 Å². The molecule has 0 spiro atoms. The van der Waals surface area contributed by atoms with Crippen molar-refractivity contribution in [3.05, 3.63) is 24.3 Å². The zero-order chi connectivity index (χ0) is 13.7. The van der Waals surface area contributed by atoms with Gasteiger partial charge in [-0.15, -0.1) is 0 Å². The van der Waals surface area contributed by atoms with E-state index in [-0.39, 0.29) is 6.10 Å². The molecule has 0 amide bonds. The van der Waals surface area contributed by atoms with Crippen LogP contribution in [-0.4, -0.2) is 19.3 Å². The van der Waals surface area contributed by atoms with Crippen LogP contribution in [0.3, 0.4) is 0 Å². The zero-order valence-electron chi connectivity index (χ0n) is 12.0. The summed E-state index contributed by atoms with van der Waals surface area (Å²) in [6.45, 7) is 5.63. The fourth-order valence-electron chi connectivity index (χ4n) is 2.79. The first-order chi connectivity index (χ1) is 9.24. The van der Waals surface area contributed by atoms with Crippen molar-refractivity contribution >= 4 is 0 Å². The summed E-state index contributed by atoms with van der Waals surface area (Å²) < 4.78 is 11.8. The molecule has 1 saturated carbocycles. The number of hydrogen-bond donors (Lipinski definition) is 1. The number of para-hydroxylation sites is 2. The Morgan fingerprint density at radius 2 is 1.95 bits per heavy atom. The van der Waals surface area contributed by atoms with Crippen LogP contribution >= 0.6 is 0 Å². The Balaban J connectivity index is 2.10. The third kappa shape index (κ3) is 3.63. The molecular weight excluding hydrogens is 238 g/mol. The molecule has 0 heterocycles. The molecule has 3 atom stereocenters. The molecule has 106 valence electrons. The van der Waals surface area contributed by atoms with Crippen molar-refractivity contribution in [2.24, 2.45) is 17.6 Å². The van der Waals surface area contributed by atoms with Crippen molar-refractivity contribution in [2.45, 2.75) is 39.2 Å². The lowest BCUT2D eigenvalue weighted by Gasteiger charge is -2.34. The van der Waals surface area contributed by atoms with Gasteiger partial charge < -0.3 is 15.2 Å². The normalized spacial score (nSPS) is 27.0. The van der Waals surface area contributed by atoms with E-state index in [1.54, 1.807) is 0 Å². The topological polar surface area (TPSA) is 44.5 Å². The van der Waals surface area contributed by atoms with E-state index in [0.717, 1.165) is 17.9 Å². The molecule has 2 N–H and O–H groups in total. The van der Waals surface area contributed by atoms with E-state index in [1.807, 2.05) is 31.2 Å². The van der Waals surface area contributed by atoms with Crippen LogP contribution in [0, 0.1) is 11.8 Å². The predicted octanol–water partition coefficient (Wildman–Crippen LogP) is 3.23. The summed E-state index contributed by atoms with van der Waals surface area (Å²) in [6, 6.07) is 7.91. The summed E-state index contributed by atoms with van der Waals surface area (Å²) in [5, 5.41) is 0. The van der Waals surface area contributed by atoms with Gasteiger partial charge in [-0.25, -0.2) is 0 Å². The van der Waals surface area contributed by atoms with Crippen LogP contribution in [0.25, 0.3) is 0 Å². The van der Waals surface area contributed by atoms with E-state index < -0.39 is 0 Å². The quantitative estimate of drug-likeness (QED) is 0.887. The number of hydrogen-bond acceptors (Lipinski definition) is 3. The maximum absolute atomic E-state index is 6.21. The Morgan fingerprint density at radius 3 is 2.63 bits per heavy atom. The van der Waals surface area contributed by atoms with Gasteiger partial charge in [0, 0.05) is 5.92 Å². The van der Waals surface area contributed by atoms with Crippen LogP contribution in [0.5, 0.6) is 11.5 Å². The van der Waals surface area contributed by atoms with E-state index in [2.05, 4.69) is 6.92 Å². The molecule has 3 heteroatoms. The van der Waals surface area contributed by atoms with Crippen molar-refractivity contribution in [1.29, 1.82) is 0 Å². The van der Waals surface area contributed by atoms with Crippen molar-refractivity contribution in [2.75, 3.05) is 13.2 Å². The number of benzene rings is 1. The molecule has 2 rings (SSSR count). The smallest absolute Gasteiger partial charge is 0.161 e. The van der Waals surface area contributed by atoms with Crippen LogP contribution in [-0.2, 0) is 0 Å². The fourth-order valence-corrected chi connectivity index (χ4v) is 2.79. The molecule has 1 aliphatic carbocycles. The molecule has 0 bridgehead atoms. The van der Waals surface area contributed by atoms with E-state index in [1.165, 1.54) is 12.8 Å². The highest BCUT2D eigenvalue weighted by Crippen LogP contribution is 2.34. The second kappa shape index (κ2) is 6.80. The summed E-state index contributed by atoms with van der Waals surface area (Å²) in [6.07, 6.45) is 3.73. The van der Waals surface area contributed by atoms with E-state index in [0.29, 0.717) is 25.0 Å². The summed E-state index contributed by atoms with van der Waals surface area (Å²) in [7, 11) is 0. The Morgan fingerprint density at radius 1 is 1.21 bits per heavy atom. The maximum atomic E-state index is 6.21. The Hall–Kier alpha value is -1.22. The van der Waals surface area contributed by atoms with Crippen molar-refractivity contribution in [1.82, 2.24) is 0 Å². The highest BCUT2D eigenvalue weighted by atomic mass is 16.5. The number of nitrogens with two attached hydrogens (primary N) is 1. The van der Waals surface area contributed by atoms with Crippen molar-refractivity contribution in [3.63, 3.8) is 0 Å². The highest BCUT2D eigenvalue weighted by Gasteiger charge is 2.29. The molecule has 3 unspecified atom stereocenters. The van der Waals surface area contributed by atoms with Crippen LogP contribution < -0.4 is 15.2 Å². The third-order valence-corrected chi connectivity index (χ3v) is 3.92. The van der Waals surface area contributed by atoms with Gasteiger partial charge >= 0.3 is 0 Å². The Bertz CT molecular complexity index is 394. The highest BCUT2D eigenvalue weighted by molar-refractivity contribution is 5.39. The summed E-state index contributed by atoms with van der Waals surface area (Å²) in [5.74, 6) is 2.86. The van der Waals surface area contributed by atoms with Gasteiger partial charge in [-0.3, -0.25) is 0 Å². The number of rotatable bonds is 5. The fraction of sp³-hybridized carbons (Fsp3) is 0.625. The van der Waals surface area contributed by atoms with Crippen LogP contribution in [0.1, 0.15) is 33.1 Å². The molecule has 0 saturated heterocycles. The molecule has 1 aromatic rings. The lowest BCUT2D eigenvalue weighted by molar-refractivity contribution is 0.0710. The molecule has 0 radical (unpaired) electrons. The molecular formula is C16H25NO2. The van der Waals surface area contributed by atoms with Gasteiger partial charge in [-0.05, 0) is 44.4 Å². The largest absolute Gasteiger partial charge is 0.490 e. The lowest BCUT2D eigenvalue weighted by Crippen LogP contribution is -2.37. The summed E-state index contributed by atoms with van der Waals surface area (Å²) in [4.78, 5) is 0. The van der Waals surface area contributed by atoms with Gasteiger partial charge in [0.05, 0.1) is 6.61 Å². The van der Waals surface area contributed by atoms with E-state index in [4.69, 9.17) is 15.2 Å². The maximum Gasteiger partial charge on any atom is 0.161 e. The van der Waals surface area contributed by atoms with E-state index >= 15 is 0 Å². The third-order valence-electron chi connectivity index (χ3n) is 3.92. The molecule has 0 aliphatic heterocycles. The van der Waals surface area contributed by atoms with Gasteiger partial charge in [0.1, 0.15) is 6.10 Å². The average Bonchev–Trinajstić information content (AvgIpc) is 2.42. The van der Waals surface area contributed by atoms with Gasteiger partial charge in [-0.1, -0.05) is 25.5 Å². The Labute approximate surface area is 116 Å². The molecule has 1 aromatic carbocycles. The second-order valence-corrected chi connectivity index (χ2v) is 5.45. The minimum absolute atomic E-state index is 0.218. The van der Waals surface area contributed by atoms with Crippen LogP contribution in [0.2, 0.25) is 0 Å². The van der Waals surface area contributed by atoms with Crippen LogP contribution in [0.15, 0.2) is 24.3 Å².